The zero-order chi connectivity index (χ0) is 12.1. The molecule has 1 aliphatic heterocycles. The van der Waals surface area contributed by atoms with Gasteiger partial charge in [-0.05, 0) is 19.8 Å². The van der Waals surface area contributed by atoms with Crippen LogP contribution in [0.25, 0.3) is 0 Å². The van der Waals surface area contributed by atoms with E-state index in [4.69, 9.17) is 4.74 Å². The Bertz CT molecular complexity index is 362. The van der Waals surface area contributed by atoms with E-state index in [-0.39, 0.29) is 0 Å². The summed E-state index contributed by atoms with van der Waals surface area (Å²) in [5, 5.41) is 2.29. The largest absolute Gasteiger partial charge is 0.497 e. The van der Waals surface area contributed by atoms with Gasteiger partial charge >= 0.3 is 0 Å². The lowest BCUT2D eigenvalue weighted by Crippen LogP contribution is -2.41. The molecule has 94 valence electrons. The highest BCUT2D eigenvalue weighted by Gasteiger charge is 2.09. The summed E-state index contributed by atoms with van der Waals surface area (Å²) in [4.78, 5) is 4.50. The predicted molar refractivity (Wildman–Crippen MR) is 67.8 cm³/mol. The molecule has 0 aliphatic carbocycles. The average Bonchev–Trinajstić information content (AvgIpc) is 2.37. The Balaban J connectivity index is 1.91. The van der Waals surface area contributed by atoms with Gasteiger partial charge in [0.25, 0.3) is 0 Å². The van der Waals surface area contributed by atoms with E-state index in [0.717, 1.165) is 36.8 Å². The third-order valence-electron chi connectivity index (χ3n) is 3.06. The van der Waals surface area contributed by atoms with Gasteiger partial charge in [-0.1, -0.05) is 6.42 Å². The third kappa shape index (κ3) is 3.68. The van der Waals surface area contributed by atoms with E-state index in [0.29, 0.717) is 0 Å². The van der Waals surface area contributed by atoms with Crippen LogP contribution in [0.2, 0.25) is 0 Å². The first kappa shape index (κ1) is 12.3. The molecule has 1 aromatic rings. The first-order valence-corrected chi connectivity index (χ1v) is 6.28. The molecule has 4 nitrogen and oxygen atoms in total. The summed E-state index contributed by atoms with van der Waals surface area (Å²) in [5.41, 5.74) is 5.47. The number of aryl methyl sites for hydroxylation is 1. The molecule has 2 heterocycles. The molecule has 0 bridgehead atoms. The van der Waals surface area contributed by atoms with E-state index < -0.39 is 0 Å². The average molecular weight is 235 g/mol. The van der Waals surface area contributed by atoms with E-state index in [1.807, 2.05) is 19.1 Å². The van der Waals surface area contributed by atoms with Crippen molar-refractivity contribution in [1.29, 1.82) is 0 Å². The second-order valence-corrected chi connectivity index (χ2v) is 4.52. The maximum absolute atomic E-state index is 5.25. The zero-order valence-electron chi connectivity index (χ0n) is 10.7. The number of nitrogens with one attached hydrogen (secondary N) is 1. The molecule has 0 amide bonds. The highest BCUT2D eigenvalue weighted by molar-refractivity contribution is 5.26. The number of piperidine rings is 1. The number of rotatable bonds is 4. The number of methoxy groups -OCH3 is 1. The quantitative estimate of drug-likeness (QED) is 0.864. The fraction of sp³-hybridized carbons (Fsp3) is 0.615. The maximum atomic E-state index is 5.25. The van der Waals surface area contributed by atoms with Crippen LogP contribution < -0.4 is 10.2 Å². The molecule has 1 aliphatic rings. The number of aromatic nitrogens is 1. The van der Waals surface area contributed by atoms with Crippen molar-refractivity contribution < 1.29 is 4.74 Å². The second kappa shape index (κ2) is 5.98. The summed E-state index contributed by atoms with van der Waals surface area (Å²) < 4.78 is 5.25. The van der Waals surface area contributed by atoms with Gasteiger partial charge in [-0.3, -0.25) is 4.98 Å². The predicted octanol–water partition coefficient (Wildman–Crippen LogP) is 1.89. The van der Waals surface area contributed by atoms with Gasteiger partial charge < -0.3 is 4.74 Å². The lowest BCUT2D eigenvalue weighted by molar-refractivity contribution is 0.150. The number of hydrogen-bond acceptors (Lipinski definition) is 4. The van der Waals surface area contributed by atoms with Gasteiger partial charge in [0.1, 0.15) is 5.75 Å². The van der Waals surface area contributed by atoms with Crippen molar-refractivity contribution in [3.8, 4) is 5.75 Å². The first-order chi connectivity index (χ1) is 8.28. The minimum atomic E-state index is 0.776. The normalized spacial score (nSPS) is 17.1. The SMILES string of the molecule is COc1cc(C)nc(CNN2CCCCC2)c1. The molecule has 0 unspecified atom stereocenters. The monoisotopic (exact) mass is 235 g/mol. The molecule has 1 aromatic heterocycles. The maximum Gasteiger partial charge on any atom is 0.122 e. The molecule has 4 heteroatoms. The van der Waals surface area contributed by atoms with Crippen molar-refractivity contribution in [3.05, 3.63) is 23.5 Å². The lowest BCUT2D eigenvalue weighted by atomic mass is 10.2. The van der Waals surface area contributed by atoms with Crippen molar-refractivity contribution in [2.45, 2.75) is 32.7 Å². The molecule has 1 fully saturated rings. The van der Waals surface area contributed by atoms with Crippen molar-refractivity contribution in [1.82, 2.24) is 15.4 Å². The third-order valence-corrected chi connectivity index (χ3v) is 3.06. The standard InChI is InChI=1S/C13H21N3O/c1-11-8-13(17-2)9-12(15-11)10-14-16-6-4-3-5-7-16/h8-9,14H,3-7,10H2,1-2H3. The molecule has 0 radical (unpaired) electrons. The minimum Gasteiger partial charge on any atom is -0.497 e. The van der Waals surface area contributed by atoms with Gasteiger partial charge in [0.2, 0.25) is 0 Å². The number of pyridine rings is 1. The Labute approximate surface area is 103 Å². The van der Waals surface area contributed by atoms with Crippen molar-refractivity contribution >= 4 is 0 Å². The van der Waals surface area contributed by atoms with Crippen molar-refractivity contribution in [3.63, 3.8) is 0 Å². The highest BCUT2D eigenvalue weighted by Crippen LogP contribution is 2.13. The molecule has 0 saturated carbocycles. The van der Waals surface area contributed by atoms with Gasteiger partial charge in [-0.15, -0.1) is 0 Å². The van der Waals surface area contributed by atoms with E-state index in [2.05, 4.69) is 15.4 Å². The molecule has 17 heavy (non-hydrogen) atoms. The molecule has 2 rings (SSSR count). The van der Waals surface area contributed by atoms with Crippen LogP contribution in [0.4, 0.5) is 0 Å². The number of ether oxygens (including phenoxy) is 1. The number of nitrogens with zero attached hydrogens (tertiary/aromatic N) is 2. The Kier molecular flexibility index (Phi) is 4.34. The van der Waals surface area contributed by atoms with Crippen LogP contribution in [0, 0.1) is 6.92 Å². The first-order valence-electron chi connectivity index (χ1n) is 6.28. The van der Waals surface area contributed by atoms with Crippen LogP contribution in [0.15, 0.2) is 12.1 Å². The second-order valence-electron chi connectivity index (χ2n) is 4.52. The molecule has 0 spiro atoms. The summed E-state index contributed by atoms with van der Waals surface area (Å²) in [7, 11) is 1.69. The van der Waals surface area contributed by atoms with Crippen LogP contribution in [0.1, 0.15) is 30.7 Å². The van der Waals surface area contributed by atoms with Crippen LogP contribution in [0.5, 0.6) is 5.75 Å². The fourth-order valence-electron chi connectivity index (χ4n) is 2.16. The zero-order valence-corrected chi connectivity index (χ0v) is 10.7. The van der Waals surface area contributed by atoms with E-state index in [9.17, 15) is 0 Å². The smallest absolute Gasteiger partial charge is 0.122 e. The number of hydrazine groups is 1. The summed E-state index contributed by atoms with van der Waals surface area (Å²) in [6, 6.07) is 3.94. The topological polar surface area (TPSA) is 37.4 Å². The Morgan fingerprint density at radius 3 is 2.76 bits per heavy atom. The van der Waals surface area contributed by atoms with Gasteiger partial charge in [-0.25, -0.2) is 10.4 Å². The van der Waals surface area contributed by atoms with Crippen LogP contribution >= 0.6 is 0 Å². The molecule has 0 atom stereocenters. The van der Waals surface area contributed by atoms with Gasteiger partial charge in [0.05, 0.1) is 19.3 Å². The van der Waals surface area contributed by atoms with Crippen molar-refractivity contribution in [2.75, 3.05) is 20.2 Å². The highest BCUT2D eigenvalue weighted by atomic mass is 16.5. The Hall–Kier alpha value is -1.13. The molecule has 1 saturated heterocycles. The minimum absolute atomic E-state index is 0.776. The van der Waals surface area contributed by atoms with E-state index >= 15 is 0 Å². The summed E-state index contributed by atoms with van der Waals surface area (Å²) in [6.07, 6.45) is 3.93. The van der Waals surface area contributed by atoms with Crippen LogP contribution in [-0.4, -0.2) is 30.2 Å². The van der Waals surface area contributed by atoms with Gasteiger partial charge in [-0.2, -0.15) is 0 Å². The number of hydrogen-bond donors (Lipinski definition) is 1. The van der Waals surface area contributed by atoms with Gasteiger partial charge in [0, 0.05) is 30.9 Å². The fourth-order valence-corrected chi connectivity index (χ4v) is 2.16. The Morgan fingerprint density at radius 1 is 1.29 bits per heavy atom. The summed E-state index contributed by atoms with van der Waals surface area (Å²) in [5.74, 6) is 0.882. The summed E-state index contributed by atoms with van der Waals surface area (Å²) in [6.45, 7) is 5.05. The van der Waals surface area contributed by atoms with Crippen LogP contribution in [0.3, 0.4) is 0 Å². The lowest BCUT2D eigenvalue weighted by Gasteiger charge is -2.27. The molecular weight excluding hydrogens is 214 g/mol. The molecule has 0 aromatic carbocycles. The Morgan fingerprint density at radius 2 is 2.06 bits per heavy atom. The molecule has 1 N–H and O–H groups in total. The summed E-state index contributed by atoms with van der Waals surface area (Å²) >= 11 is 0. The van der Waals surface area contributed by atoms with Crippen molar-refractivity contribution in [2.24, 2.45) is 0 Å². The van der Waals surface area contributed by atoms with Gasteiger partial charge in [0.15, 0.2) is 0 Å². The van der Waals surface area contributed by atoms with E-state index in [1.165, 1.54) is 19.3 Å². The van der Waals surface area contributed by atoms with Crippen LogP contribution in [-0.2, 0) is 6.54 Å². The molecular formula is C13H21N3O. The van der Waals surface area contributed by atoms with E-state index in [1.54, 1.807) is 7.11 Å².